The van der Waals surface area contributed by atoms with Crippen LogP contribution in [0.4, 0.5) is 13.2 Å². The van der Waals surface area contributed by atoms with Crippen LogP contribution < -0.4 is 4.18 Å². The predicted octanol–water partition coefficient (Wildman–Crippen LogP) is 11.6. The normalized spacial score (nSPS) is 12.6. The molecule has 0 aliphatic carbocycles. The van der Waals surface area contributed by atoms with E-state index in [9.17, 15) is 21.6 Å². The van der Waals surface area contributed by atoms with Gasteiger partial charge in [0.05, 0.1) is 22.8 Å². The van der Waals surface area contributed by atoms with E-state index < -0.39 is 21.4 Å². The highest BCUT2D eigenvalue weighted by atomic mass is 32.2. The number of aromatic nitrogens is 4. The third-order valence-corrected chi connectivity index (χ3v) is 10.5. The molecule has 0 amide bonds. The van der Waals surface area contributed by atoms with E-state index in [-0.39, 0.29) is 5.56 Å². The molecule has 3 aromatic heterocycles. The lowest BCUT2D eigenvalue weighted by molar-refractivity contribution is -0.0499. The van der Waals surface area contributed by atoms with E-state index >= 15 is 0 Å². The maximum absolute atomic E-state index is 13.7. The van der Waals surface area contributed by atoms with Crippen LogP contribution in [0.1, 0.15) is 22.8 Å². The van der Waals surface area contributed by atoms with Crippen LogP contribution in [0.15, 0.2) is 140 Å². The third-order valence-electron chi connectivity index (χ3n) is 9.58. The van der Waals surface area contributed by atoms with Crippen molar-refractivity contribution in [1.82, 2.24) is 19.9 Å². The Labute approximate surface area is 319 Å². The van der Waals surface area contributed by atoms with Gasteiger partial charge in [-0.3, -0.25) is 0 Å². The molecule has 7 nitrogen and oxygen atoms in total. The first-order valence-corrected chi connectivity index (χ1v) is 19.0. The number of fused-ring (bicyclic) bond motifs is 8. The quantitative estimate of drug-likeness (QED) is 0.130. The van der Waals surface area contributed by atoms with Crippen LogP contribution >= 0.6 is 0 Å². The Hall–Kier alpha value is -6.98. The molecule has 56 heavy (non-hydrogen) atoms. The lowest BCUT2D eigenvalue weighted by Crippen LogP contribution is -2.28. The minimum atomic E-state index is -6.01. The number of benzene rings is 4. The van der Waals surface area contributed by atoms with Gasteiger partial charge in [-0.05, 0) is 71.3 Å². The van der Waals surface area contributed by atoms with Gasteiger partial charge in [-0.15, -0.1) is 0 Å². The lowest BCUT2D eigenvalue weighted by atomic mass is 10.0. The summed E-state index contributed by atoms with van der Waals surface area (Å²) in [5, 5.41) is 0. The van der Waals surface area contributed by atoms with Gasteiger partial charge >= 0.3 is 15.6 Å². The Balaban J connectivity index is 1.45. The Morgan fingerprint density at radius 3 is 1.18 bits per heavy atom. The average Bonchev–Trinajstić information content (AvgIpc) is 4.04. The summed E-state index contributed by atoms with van der Waals surface area (Å²) in [6, 6.07) is 42.9. The third kappa shape index (κ3) is 6.27. The van der Waals surface area contributed by atoms with Crippen LogP contribution in [-0.4, -0.2) is 33.9 Å². The molecule has 0 atom stereocenters. The molecule has 0 saturated carbocycles. The Morgan fingerprint density at radius 2 is 0.786 bits per heavy atom. The zero-order chi connectivity index (χ0) is 38.4. The summed E-state index contributed by atoms with van der Waals surface area (Å²) in [7, 11) is -6.01. The fourth-order valence-electron chi connectivity index (χ4n) is 7.13. The molecule has 274 valence electrons. The number of para-hydroxylation sites is 1. The van der Waals surface area contributed by atoms with Gasteiger partial charge in [0.1, 0.15) is 0 Å². The van der Waals surface area contributed by atoms with Crippen LogP contribution in [0.3, 0.4) is 0 Å². The highest BCUT2D eigenvalue weighted by Crippen LogP contribution is 2.41. The van der Waals surface area contributed by atoms with E-state index in [1.807, 2.05) is 127 Å². The number of alkyl halides is 3. The Bertz CT molecular complexity index is 2950. The van der Waals surface area contributed by atoms with Gasteiger partial charge in [0, 0.05) is 49.9 Å². The summed E-state index contributed by atoms with van der Waals surface area (Å²) in [6.07, 6.45) is 7.55. The Kier molecular flexibility index (Phi) is 8.51. The molecule has 0 unspecified atom stereocenters. The number of halogens is 3. The zero-order valence-electron chi connectivity index (χ0n) is 29.2. The number of aromatic amines is 2. The van der Waals surface area contributed by atoms with Gasteiger partial charge in [-0.25, -0.2) is 9.97 Å². The number of rotatable bonds is 6. The molecule has 9 rings (SSSR count). The number of hydrogen-bond donors (Lipinski definition) is 2. The topological polar surface area (TPSA) is 101 Å². The number of H-pyrrole nitrogens is 2. The van der Waals surface area contributed by atoms with Crippen LogP contribution in [0, 0.1) is 0 Å². The summed E-state index contributed by atoms with van der Waals surface area (Å²) in [5.74, 6) is -0.505. The summed E-state index contributed by atoms with van der Waals surface area (Å²) in [4.78, 5) is 17.5. The molecule has 4 aromatic carbocycles. The van der Waals surface area contributed by atoms with Crippen molar-refractivity contribution < 1.29 is 25.8 Å². The molecule has 2 aliphatic rings. The molecule has 5 heterocycles. The van der Waals surface area contributed by atoms with Gasteiger partial charge < -0.3 is 14.2 Å². The van der Waals surface area contributed by atoms with Crippen LogP contribution in [0.5, 0.6) is 5.75 Å². The minimum absolute atomic E-state index is 0.0833. The van der Waals surface area contributed by atoms with Gasteiger partial charge in [0.15, 0.2) is 5.75 Å². The fraction of sp³-hybridized carbons (Fsp3) is 0.0222. The van der Waals surface area contributed by atoms with Crippen molar-refractivity contribution >= 4 is 56.5 Å². The van der Waals surface area contributed by atoms with Crippen molar-refractivity contribution in [2.45, 2.75) is 5.51 Å². The molecular formula is C45H29F3N4O3S. The standard InChI is InChI=1S/C45H29F3N4O3S/c46-45(47,48)56(53,54)55-40-19-11-10-18-31(40)44-38-26-24-36(51-38)42(29-14-6-2-7-15-29)34-22-20-32(49-34)41(28-12-4-1-5-13-28)33-21-23-35(50-33)43(30-16-8-3-9-17-30)37-25-27-39(44)52-37/h1-27,49,52H. The Morgan fingerprint density at radius 1 is 0.446 bits per heavy atom. The van der Waals surface area contributed by atoms with Gasteiger partial charge in [-0.1, -0.05) is 109 Å². The SMILES string of the molecule is O=S(=O)(Oc1ccccc1-c1c2nc(c(-c3ccccc3)c3ccc([nH]3)c(-c3ccccc3)c3nc(c(-c4ccccc4)c4ccc1[nH]4)C=C3)C=C2)C(F)(F)F. The maximum Gasteiger partial charge on any atom is 0.534 e. The second kappa shape index (κ2) is 13.7. The number of nitrogens with one attached hydrogen (secondary N) is 2. The minimum Gasteiger partial charge on any atom is -0.375 e. The van der Waals surface area contributed by atoms with E-state index in [1.165, 1.54) is 18.2 Å². The molecule has 0 fully saturated rings. The van der Waals surface area contributed by atoms with Crippen LogP contribution in [-0.2, 0) is 10.1 Å². The molecule has 8 bridgehead atoms. The monoisotopic (exact) mass is 762 g/mol. The molecule has 2 aliphatic heterocycles. The first kappa shape index (κ1) is 34.8. The van der Waals surface area contributed by atoms with E-state index in [1.54, 1.807) is 18.2 Å². The highest BCUT2D eigenvalue weighted by Gasteiger charge is 2.49. The summed E-state index contributed by atoms with van der Waals surface area (Å²) in [6.45, 7) is 0. The second-order valence-electron chi connectivity index (χ2n) is 13.1. The summed E-state index contributed by atoms with van der Waals surface area (Å²) >= 11 is 0. The predicted molar refractivity (Wildman–Crippen MR) is 216 cm³/mol. The molecule has 7 aromatic rings. The van der Waals surface area contributed by atoms with Crippen molar-refractivity contribution in [3.63, 3.8) is 0 Å². The van der Waals surface area contributed by atoms with Crippen LogP contribution in [0.2, 0.25) is 0 Å². The van der Waals surface area contributed by atoms with Crippen molar-refractivity contribution in [2.24, 2.45) is 0 Å². The summed E-state index contributed by atoms with van der Waals surface area (Å²) in [5.41, 5.74) is 4.99. The summed E-state index contributed by atoms with van der Waals surface area (Å²) < 4.78 is 70.6. The molecule has 2 N–H and O–H groups in total. The first-order chi connectivity index (χ1) is 27.1. The largest absolute Gasteiger partial charge is 0.534 e. The molecular weight excluding hydrogens is 734 g/mol. The zero-order valence-corrected chi connectivity index (χ0v) is 30.1. The van der Waals surface area contributed by atoms with Gasteiger partial charge in [-0.2, -0.15) is 21.6 Å². The second-order valence-corrected chi connectivity index (χ2v) is 14.6. The fourth-order valence-corrected chi connectivity index (χ4v) is 7.60. The van der Waals surface area contributed by atoms with Gasteiger partial charge in [0.2, 0.25) is 0 Å². The molecule has 0 saturated heterocycles. The van der Waals surface area contributed by atoms with E-state index in [0.717, 1.165) is 50.1 Å². The highest BCUT2D eigenvalue weighted by molar-refractivity contribution is 7.88. The van der Waals surface area contributed by atoms with Crippen molar-refractivity contribution in [2.75, 3.05) is 0 Å². The van der Waals surface area contributed by atoms with Crippen molar-refractivity contribution in [3.05, 3.63) is 162 Å². The maximum atomic E-state index is 13.7. The lowest BCUT2D eigenvalue weighted by Gasteiger charge is -2.13. The van der Waals surface area contributed by atoms with Crippen molar-refractivity contribution in [3.8, 4) is 50.3 Å². The number of hydrogen-bond acceptors (Lipinski definition) is 5. The molecule has 0 radical (unpaired) electrons. The molecule has 11 heteroatoms. The average molecular weight is 763 g/mol. The first-order valence-electron chi connectivity index (χ1n) is 17.6. The van der Waals surface area contributed by atoms with E-state index in [0.29, 0.717) is 33.7 Å². The van der Waals surface area contributed by atoms with E-state index in [2.05, 4.69) is 9.97 Å². The molecule has 0 spiro atoms. The van der Waals surface area contributed by atoms with E-state index in [4.69, 9.17) is 14.2 Å². The van der Waals surface area contributed by atoms with Crippen LogP contribution in [0.25, 0.3) is 90.9 Å². The smallest absolute Gasteiger partial charge is 0.375 e. The van der Waals surface area contributed by atoms with Crippen molar-refractivity contribution in [1.29, 1.82) is 0 Å². The number of nitrogens with zero attached hydrogens (tertiary/aromatic N) is 2. The van der Waals surface area contributed by atoms with Gasteiger partial charge in [0.25, 0.3) is 0 Å².